The van der Waals surface area contributed by atoms with Crippen LogP contribution < -0.4 is 10.9 Å². The lowest BCUT2D eigenvalue weighted by molar-refractivity contribution is -0.113. The van der Waals surface area contributed by atoms with E-state index < -0.39 is 0 Å². The van der Waals surface area contributed by atoms with Crippen molar-refractivity contribution in [2.24, 2.45) is 0 Å². The molecule has 0 fully saturated rings. The van der Waals surface area contributed by atoms with E-state index >= 15 is 0 Å². The molecule has 1 N–H and O–H groups in total. The van der Waals surface area contributed by atoms with Gasteiger partial charge in [0.25, 0.3) is 5.56 Å². The number of fused-ring (bicyclic) bond motifs is 2. The molecular formula is C28H20N4O2S3. The summed E-state index contributed by atoms with van der Waals surface area (Å²) in [5.74, 6) is -0.165. The molecular weight excluding hydrogens is 521 g/mol. The van der Waals surface area contributed by atoms with Crippen molar-refractivity contribution in [1.29, 1.82) is 5.26 Å². The van der Waals surface area contributed by atoms with Gasteiger partial charge >= 0.3 is 0 Å². The lowest BCUT2D eigenvalue weighted by Crippen LogP contribution is -2.22. The van der Waals surface area contributed by atoms with Crippen LogP contribution in [0.5, 0.6) is 0 Å². The Labute approximate surface area is 225 Å². The number of thioether (sulfide) groups is 1. The standard InChI is InChI=1S/C28H20N4O2S3/c29-15-21-19-12-7-13-22(19)36-26(21)30-24(33)16-35-28-31-25-20(14-23(37-25)17-8-3-1-4-9-17)27(34)32(28)18-10-5-2-6-11-18/h1-6,8-11,14H,7,12-13,16H2,(H,30,33). The lowest BCUT2D eigenvalue weighted by atomic mass is 10.1. The Morgan fingerprint density at radius 2 is 1.84 bits per heavy atom. The Hall–Kier alpha value is -3.71. The maximum Gasteiger partial charge on any atom is 0.267 e. The minimum absolute atomic E-state index is 0.0646. The summed E-state index contributed by atoms with van der Waals surface area (Å²) in [5.41, 5.74) is 3.22. The Kier molecular flexibility index (Phi) is 6.38. The number of anilines is 1. The third-order valence-corrected chi connectivity index (χ3v) is 9.45. The van der Waals surface area contributed by atoms with Crippen molar-refractivity contribution in [3.05, 3.63) is 93.1 Å². The number of nitrogens with zero attached hydrogens (tertiary/aromatic N) is 3. The third-order valence-electron chi connectivity index (χ3n) is 6.23. The molecule has 0 saturated heterocycles. The van der Waals surface area contributed by atoms with E-state index in [1.165, 1.54) is 39.3 Å². The Balaban J connectivity index is 1.33. The van der Waals surface area contributed by atoms with Crippen molar-refractivity contribution in [2.45, 2.75) is 24.4 Å². The van der Waals surface area contributed by atoms with Gasteiger partial charge in [-0.25, -0.2) is 4.98 Å². The fourth-order valence-electron chi connectivity index (χ4n) is 4.51. The molecule has 0 atom stereocenters. The highest BCUT2D eigenvalue weighted by Gasteiger charge is 2.23. The molecule has 3 heterocycles. The van der Waals surface area contributed by atoms with Crippen LogP contribution in [0, 0.1) is 11.3 Å². The summed E-state index contributed by atoms with van der Waals surface area (Å²) in [6.07, 6.45) is 2.90. The molecule has 6 nitrogen and oxygen atoms in total. The number of thiophene rings is 2. The number of carbonyl (C=O) groups is 1. The normalized spacial score (nSPS) is 12.4. The molecule has 0 radical (unpaired) electrons. The van der Waals surface area contributed by atoms with Gasteiger partial charge in [0.15, 0.2) is 5.16 Å². The molecule has 1 aliphatic carbocycles. The van der Waals surface area contributed by atoms with Crippen molar-refractivity contribution in [3.63, 3.8) is 0 Å². The number of carbonyl (C=O) groups excluding carboxylic acids is 1. The topological polar surface area (TPSA) is 87.8 Å². The van der Waals surface area contributed by atoms with Gasteiger partial charge in [-0.3, -0.25) is 14.2 Å². The monoisotopic (exact) mass is 540 g/mol. The van der Waals surface area contributed by atoms with Gasteiger partial charge in [0.05, 0.1) is 22.4 Å². The average Bonchev–Trinajstić information content (AvgIpc) is 3.63. The zero-order chi connectivity index (χ0) is 25.4. The van der Waals surface area contributed by atoms with Crippen molar-refractivity contribution in [2.75, 3.05) is 11.1 Å². The predicted octanol–water partition coefficient (Wildman–Crippen LogP) is 6.27. The minimum Gasteiger partial charge on any atom is -0.316 e. The SMILES string of the molecule is N#Cc1c(NC(=O)CSc2nc3sc(-c4ccccc4)cc3c(=O)n2-c2ccccc2)sc2c1CCC2. The van der Waals surface area contributed by atoms with E-state index in [1.54, 1.807) is 4.57 Å². The van der Waals surface area contributed by atoms with E-state index in [9.17, 15) is 14.9 Å². The molecule has 3 aromatic heterocycles. The van der Waals surface area contributed by atoms with Crippen LogP contribution >= 0.6 is 34.4 Å². The van der Waals surface area contributed by atoms with Crippen molar-refractivity contribution in [3.8, 4) is 22.2 Å². The van der Waals surface area contributed by atoms with Crippen LogP contribution in [0.25, 0.3) is 26.3 Å². The molecule has 1 amide bonds. The Morgan fingerprint density at radius 3 is 2.59 bits per heavy atom. The molecule has 1 aliphatic rings. The van der Waals surface area contributed by atoms with Crippen LogP contribution in [0.15, 0.2) is 76.7 Å². The maximum absolute atomic E-state index is 13.7. The summed E-state index contributed by atoms with van der Waals surface area (Å²) in [6.45, 7) is 0. The van der Waals surface area contributed by atoms with E-state index in [1.807, 2.05) is 66.7 Å². The summed E-state index contributed by atoms with van der Waals surface area (Å²) in [7, 11) is 0. The van der Waals surface area contributed by atoms with Crippen molar-refractivity contribution < 1.29 is 4.79 Å². The first-order valence-electron chi connectivity index (χ1n) is 11.8. The van der Waals surface area contributed by atoms with Crippen LogP contribution in [0.3, 0.4) is 0 Å². The fraction of sp³-hybridized carbons (Fsp3) is 0.143. The van der Waals surface area contributed by atoms with Crippen LogP contribution in [-0.2, 0) is 17.6 Å². The number of rotatable bonds is 6. The zero-order valence-corrected chi connectivity index (χ0v) is 22.0. The maximum atomic E-state index is 13.7. The highest BCUT2D eigenvalue weighted by molar-refractivity contribution is 7.99. The molecule has 182 valence electrons. The first-order chi connectivity index (χ1) is 18.1. The number of benzene rings is 2. The van der Waals surface area contributed by atoms with Gasteiger partial charge in [-0.1, -0.05) is 60.3 Å². The predicted molar refractivity (Wildman–Crippen MR) is 151 cm³/mol. The Bertz CT molecular complexity index is 1730. The number of amides is 1. The molecule has 6 rings (SSSR count). The smallest absolute Gasteiger partial charge is 0.267 e. The summed E-state index contributed by atoms with van der Waals surface area (Å²) < 4.78 is 1.57. The van der Waals surface area contributed by atoms with E-state index in [0.717, 1.165) is 35.3 Å². The number of aromatic nitrogens is 2. The van der Waals surface area contributed by atoms with E-state index in [2.05, 4.69) is 11.4 Å². The third kappa shape index (κ3) is 4.48. The first kappa shape index (κ1) is 23.7. The number of hydrogen-bond donors (Lipinski definition) is 1. The van der Waals surface area contributed by atoms with Gasteiger partial charge in [-0.05, 0) is 48.6 Å². The quantitative estimate of drug-likeness (QED) is 0.203. The first-order valence-corrected chi connectivity index (χ1v) is 14.4. The Morgan fingerprint density at radius 1 is 1.08 bits per heavy atom. The van der Waals surface area contributed by atoms with E-state index in [0.29, 0.717) is 31.6 Å². The summed E-state index contributed by atoms with van der Waals surface area (Å²) >= 11 is 4.18. The van der Waals surface area contributed by atoms with Crippen molar-refractivity contribution in [1.82, 2.24) is 9.55 Å². The van der Waals surface area contributed by atoms with Gasteiger partial charge in [-0.15, -0.1) is 22.7 Å². The summed E-state index contributed by atoms with van der Waals surface area (Å²) in [5, 5.41) is 14.2. The second-order valence-electron chi connectivity index (χ2n) is 8.58. The lowest BCUT2D eigenvalue weighted by Gasteiger charge is -2.12. The molecule has 5 aromatic rings. The zero-order valence-electron chi connectivity index (χ0n) is 19.6. The van der Waals surface area contributed by atoms with Crippen LogP contribution in [0.4, 0.5) is 5.00 Å². The van der Waals surface area contributed by atoms with Crippen LogP contribution in [0.2, 0.25) is 0 Å². The number of nitrogens with one attached hydrogen (secondary N) is 1. The van der Waals surface area contributed by atoms with Crippen LogP contribution in [-0.4, -0.2) is 21.2 Å². The van der Waals surface area contributed by atoms with Gasteiger partial charge in [0.2, 0.25) is 5.91 Å². The minimum atomic E-state index is -0.230. The second kappa shape index (κ2) is 9.98. The number of aryl methyl sites for hydroxylation is 1. The summed E-state index contributed by atoms with van der Waals surface area (Å²) in [6, 6.07) is 23.4. The molecule has 0 aliphatic heterocycles. The highest BCUT2D eigenvalue weighted by atomic mass is 32.2. The van der Waals surface area contributed by atoms with Gasteiger partial charge in [0.1, 0.15) is 15.9 Å². The highest BCUT2D eigenvalue weighted by Crippen LogP contribution is 2.39. The van der Waals surface area contributed by atoms with Gasteiger partial charge in [0, 0.05) is 9.75 Å². The number of hydrogen-bond acceptors (Lipinski definition) is 7. The van der Waals surface area contributed by atoms with E-state index in [-0.39, 0.29) is 17.2 Å². The molecule has 0 unspecified atom stereocenters. The number of para-hydroxylation sites is 1. The van der Waals surface area contributed by atoms with E-state index in [4.69, 9.17) is 4.98 Å². The molecule has 37 heavy (non-hydrogen) atoms. The molecule has 0 spiro atoms. The molecule has 2 aromatic carbocycles. The van der Waals surface area contributed by atoms with Gasteiger partial charge < -0.3 is 5.32 Å². The number of nitriles is 1. The van der Waals surface area contributed by atoms with Crippen LogP contribution in [0.1, 0.15) is 22.4 Å². The second-order valence-corrected chi connectivity index (χ2v) is 11.7. The molecule has 9 heteroatoms. The van der Waals surface area contributed by atoms with Gasteiger partial charge in [-0.2, -0.15) is 5.26 Å². The van der Waals surface area contributed by atoms with Crippen molar-refractivity contribution >= 4 is 55.6 Å². The fourth-order valence-corrected chi connectivity index (χ4v) is 7.66. The molecule has 0 saturated carbocycles. The average molecular weight is 541 g/mol. The molecule has 0 bridgehead atoms. The summed E-state index contributed by atoms with van der Waals surface area (Å²) in [4.78, 5) is 34.2. The largest absolute Gasteiger partial charge is 0.316 e.